The molecule has 0 unspecified atom stereocenters. The van der Waals surface area contributed by atoms with E-state index in [4.69, 9.17) is 4.74 Å². The zero-order valence-corrected chi connectivity index (χ0v) is 15.1. The molecular formula is C19H37NO. The molecule has 1 rings (SSSR count). The second kappa shape index (κ2) is 8.22. The van der Waals surface area contributed by atoms with E-state index in [1.165, 1.54) is 45.1 Å². The van der Waals surface area contributed by atoms with Crippen LogP contribution in [0, 0.1) is 0 Å². The molecule has 1 aliphatic heterocycles. The van der Waals surface area contributed by atoms with Crippen molar-refractivity contribution in [1.82, 2.24) is 4.90 Å². The van der Waals surface area contributed by atoms with Gasteiger partial charge in [0.2, 0.25) is 0 Å². The highest BCUT2D eigenvalue weighted by Crippen LogP contribution is 2.39. The summed E-state index contributed by atoms with van der Waals surface area (Å²) < 4.78 is 5.71. The monoisotopic (exact) mass is 295 g/mol. The van der Waals surface area contributed by atoms with Gasteiger partial charge in [0.25, 0.3) is 0 Å². The molecule has 1 fully saturated rings. The van der Waals surface area contributed by atoms with Crippen molar-refractivity contribution in [3.8, 4) is 0 Å². The van der Waals surface area contributed by atoms with Gasteiger partial charge in [0, 0.05) is 23.9 Å². The van der Waals surface area contributed by atoms with Gasteiger partial charge in [0.15, 0.2) is 0 Å². The maximum atomic E-state index is 5.71. The minimum absolute atomic E-state index is 0.207. The van der Waals surface area contributed by atoms with Gasteiger partial charge in [-0.3, -0.25) is 4.90 Å². The van der Waals surface area contributed by atoms with Gasteiger partial charge < -0.3 is 4.74 Å². The third-order valence-electron chi connectivity index (χ3n) is 4.94. The van der Waals surface area contributed by atoms with E-state index in [-0.39, 0.29) is 11.1 Å². The molecule has 2 nitrogen and oxygen atoms in total. The van der Waals surface area contributed by atoms with Crippen LogP contribution in [0.1, 0.15) is 86.0 Å². The molecular weight excluding hydrogens is 258 g/mol. The van der Waals surface area contributed by atoms with E-state index in [1.807, 2.05) is 0 Å². The average molecular weight is 296 g/mol. The van der Waals surface area contributed by atoms with Crippen LogP contribution in [0.15, 0.2) is 12.8 Å². The summed E-state index contributed by atoms with van der Waals surface area (Å²) in [7, 11) is 0. The maximum absolute atomic E-state index is 5.71. The molecule has 21 heavy (non-hydrogen) atoms. The Kier molecular flexibility index (Phi) is 7.26. The van der Waals surface area contributed by atoms with Crippen LogP contribution in [-0.4, -0.2) is 28.6 Å². The molecule has 0 radical (unpaired) electrons. The lowest BCUT2D eigenvalue weighted by Gasteiger charge is -2.55. The lowest BCUT2D eigenvalue weighted by atomic mass is 9.78. The molecule has 0 saturated carbocycles. The van der Waals surface area contributed by atoms with Crippen LogP contribution < -0.4 is 0 Å². The summed E-state index contributed by atoms with van der Waals surface area (Å²) in [5, 5.41) is 0. The van der Waals surface area contributed by atoms with Gasteiger partial charge in [-0.05, 0) is 40.7 Å². The van der Waals surface area contributed by atoms with E-state index >= 15 is 0 Å². The Balaban J connectivity index is 2.49. The number of nitrogens with zero attached hydrogens (tertiary/aromatic N) is 1. The molecule has 2 heteroatoms. The summed E-state index contributed by atoms with van der Waals surface area (Å²) in [4.78, 5) is 2.71. The second-order valence-electron chi connectivity index (χ2n) is 7.88. The van der Waals surface area contributed by atoms with Gasteiger partial charge in [-0.1, -0.05) is 45.6 Å². The van der Waals surface area contributed by atoms with Gasteiger partial charge >= 0.3 is 0 Å². The molecule has 0 amide bonds. The quantitative estimate of drug-likeness (QED) is 0.410. The predicted octanol–water partition coefficient (Wildman–Crippen LogP) is 5.53. The van der Waals surface area contributed by atoms with Crippen molar-refractivity contribution in [2.24, 2.45) is 0 Å². The summed E-state index contributed by atoms with van der Waals surface area (Å²) in [6.45, 7) is 16.7. The zero-order chi connectivity index (χ0) is 15.9. The molecule has 1 aliphatic rings. The second-order valence-corrected chi connectivity index (χ2v) is 7.88. The number of hydrogen-bond donors (Lipinski definition) is 0. The highest BCUT2D eigenvalue weighted by Gasteiger charge is 2.45. The molecule has 0 spiro atoms. The van der Waals surface area contributed by atoms with Crippen molar-refractivity contribution in [3.63, 3.8) is 0 Å². The zero-order valence-electron chi connectivity index (χ0n) is 15.1. The number of piperidine rings is 1. The number of likely N-dealkylation sites (tertiary alicyclic amines) is 1. The first-order valence-corrected chi connectivity index (χ1v) is 8.87. The normalized spacial score (nSPS) is 22.1. The van der Waals surface area contributed by atoms with Gasteiger partial charge in [-0.15, -0.1) is 0 Å². The van der Waals surface area contributed by atoms with Crippen molar-refractivity contribution in [3.05, 3.63) is 12.8 Å². The van der Waals surface area contributed by atoms with E-state index < -0.39 is 0 Å². The fraction of sp³-hybridized carbons (Fsp3) is 0.895. The number of hydrogen-bond acceptors (Lipinski definition) is 2. The first-order chi connectivity index (χ1) is 9.83. The fourth-order valence-electron chi connectivity index (χ4n) is 4.11. The minimum atomic E-state index is 0.207. The Morgan fingerprint density at radius 1 is 1.00 bits per heavy atom. The lowest BCUT2D eigenvalue weighted by Crippen LogP contribution is -2.62. The van der Waals surface area contributed by atoms with Gasteiger partial charge in [-0.2, -0.15) is 0 Å². The molecule has 0 aromatic rings. The Morgan fingerprint density at radius 3 is 2.05 bits per heavy atom. The van der Waals surface area contributed by atoms with Crippen LogP contribution in [0.3, 0.4) is 0 Å². The van der Waals surface area contributed by atoms with Crippen LogP contribution >= 0.6 is 0 Å². The van der Waals surface area contributed by atoms with E-state index in [1.54, 1.807) is 6.26 Å². The SMILES string of the molecule is C=COC1CC(C)(C)N(CCCCCCCC)C(C)(C)C1. The van der Waals surface area contributed by atoms with E-state index in [9.17, 15) is 0 Å². The van der Waals surface area contributed by atoms with Crippen molar-refractivity contribution in [1.29, 1.82) is 0 Å². The van der Waals surface area contributed by atoms with Crippen molar-refractivity contribution in [2.75, 3.05) is 6.54 Å². The Labute approximate surface area is 132 Å². The average Bonchev–Trinajstić information content (AvgIpc) is 2.35. The molecule has 124 valence electrons. The molecule has 0 atom stereocenters. The van der Waals surface area contributed by atoms with E-state index in [0.717, 1.165) is 12.8 Å². The first kappa shape index (κ1) is 18.5. The molecule has 0 N–H and O–H groups in total. The Hall–Kier alpha value is -0.500. The summed E-state index contributed by atoms with van der Waals surface area (Å²) in [5.74, 6) is 0. The fourth-order valence-corrected chi connectivity index (χ4v) is 4.11. The van der Waals surface area contributed by atoms with Crippen LogP contribution in [0.25, 0.3) is 0 Å². The van der Waals surface area contributed by atoms with E-state index in [0.29, 0.717) is 6.10 Å². The van der Waals surface area contributed by atoms with Crippen molar-refractivity contribution in [2.45, 2.75) is 103 Å². The number of unbranched alkanes of at least 4 members (excludes halogenated alkanes) is 5. The molecule has 0 aromatic heterocycles. The highest BCUT2D eigenvalue weighted by molar-refractivity contribution is 5.00. The van der Waals surface area contributed by atoms with Crippen LogP contribution in [-0.2, 0) is 4.74 Å². The highest BCUT2D eigenvalue weighted by atomic mass is 16.5. The largest absolute Gasteiger partial charge is 0.499 e. The standard InChI is InChI=1S/C19H37NO/c1-7-9-10-11-12-13-14-20-18(3,4)15-17(21-8-2)16-19(20,5)6/h8,17H,2,7,9-16H2,1,3-6H3. The third-order valence-corrected chi connectivity index (χ3v) is 4.94. The first-order valence-electron chi connectivity index (χ1n) is 8.87. The summed E-state index contributed by atoms with van der Waals surface area (Å²) in [6.07, 6.45) is 12.3. The summed E-state index contributed by atoms with van der Waals surface area (Å²) >= 11 is 0. The van der Waals surface area contributed by atoms with Crippen LogP contribution in [0.5, 0.6) is 0 Å². The maximum Gasteiger partial charge on any atom is 0.101 e. The van der Waals surface area contributed by atoms with Gasteiger partial charge in [0.1, 0.15) is 6.10 Å². The smallest absolute Gasteiger partial charge is 0.101 e. The topological polar surface area (TPSA) is 12.5 Å². The lowest BCUT2D eigenvalue weighted by molar-refractivity contribution is -0.0843. The molecule has 1 saturated heterocycles. The number of rotatable bonds is 9. The summed E-state index contributed by atoms with van der Waals surface area (Å²) in [5.41, 5.74) is 0.414. The van der Waals surface area contributed by atoms with Crippen molar-refractivity contribution < 1.29 is 4.74 Å². The van der Waals surface area contributed by atoms with Crippen molar-refractivity contribution >= 4 is 0 Å². The third kappa shape index (κ3) is 5.65. The Morgan fingerprint density at radius 2 is 1.52 bits per heavy atom. The van der Waals surface area contributed by atoms with E-state index in [2.05, 4.69) is 46.1 Å². The van der Waals surface area contributed by atoms with Crippen LogP contribution in [0.2, 0.25) is 0 Å². The van der Waals surface area contributed by atoms with Gasteiger partial charge in [-0.25, -0.2) is 0 Å². The van der Waals surface area contributed by atoms with Crippen LogP contribution in [0.4, 0.5) is 0 Å². The van der Waals surface area contributed by atoms with Gasteiger partial charge in [0.05, 0.1) is 6.26 Å². The summed E-state index contributed by atoms with van der Waals surface area (Å²) in [6, 6.07) is 0. The Bertz CT molecular complexity index is 291. The molecule has 0 aromatic carbocycles. The predicted molar refractivity (Wildman–Crippen MR) is 92.5 cm³/mol. The molecule has 1 heterocycles. The number of ether oxygens (including phenoxy) is 1. The minimum Gasteiger partial charge on any atom is -0.499 e. The molecule has 0 bridgehead atoms. The molecule has 0 aliphatic carbocycles.